The molecule has 2 saturated heterocycles. The van der Waals surface area contributed by atoms with Crippen molar-refractivity contribution in [2.75, 3.05) is 13.1 Å². The minimum Gasteiger partial charge on any atom is -0.403 e. The van der Waals surface area contributed by atoms with Gasteiger partial charge in [-0.15, -0.1) is 12.4 Å². The van der Waals surface area contributed by atoms with Crippen molar-refractivity contribution < 1.29 is 9.31 Å². The first-order chi connectivity index (χ1) is 6.92. The van der Waals surface area contributed by atoms with Crippen LogP contribution in [0.15, 0.2) is 0 Å². The van der Waals surface area contributed by atoms with Crippen molar-refractivity contribution in [1.82, 2.24) is 5.32 Å². The largest absolute Gasteiger partial charge is 0.461 e. The van der Waals surface area contributed by atoms with Crippen LogP contribution in [0.25, 0.3) is 0 Å². The molecule has 5 heteroatoms. The van der Waals surface area contributed by atoms with Crippen LogP contribution in [0.3, 0.4) is 0 Å². The van der Waals surface area contributed by atoms with E-state index in [4.69, 9.17) is 9.31 Å². The van der Waals surface area contributed by atoms with Crippen LogP contribution in [-0.2, 0) is 9.31 Å². The molecule has 2 aliphatic heterocycles. The zero-order valence-electron chi connectivity index (χ0n) is 10.4. The summed E-state index contributed by atoms with van der Waals surface area (Å²) in [5.74, 6) is 2.26. The molecule has 16 heavy (non-hydrogen) atoms. The van der Waals surface area contributed by atoms with E-state index < -0.39 is 0 Å². The molecule has 3 atom stereocenters. The molecule has 92 valence electrons. The zero-order valence-corrected chi connectivity index (χ0v) is 11.3. The summed E-state index contributed by atoms with van der Waals surface area (Å²) in [6.07, 6.45) is 0. The number of fused-ring (bicyclic) bond motifs is 1. The van der Waals surface area contributed by atoms with E-state index in [1.807, 2.05) is 0 Å². The van der Waals surface area contributed by atoms with Crippen LogP contribution in [0.5, 0.6) is 0 Å². The lowest BCUT2D eigenvalue weighted by molar-refractivity contribution is 0.00578. The van der Waals surface area contributed by atoms with E-state index in [0.29, 0.717) is 5.82 Å². The number of hydrogen-bond donors (Lipinski definition) is 1. The van der Waals surface area contributed by atoms with Gasteiger partial charge in [-0.2, -0.15) is 0 Å². The van der Waals surface area contributed by atoms with Crippen LogP contribution in [0.2, 0.25) is 5.82 Å². The molecule has 3 aliphatic rings. The molecule has 3 nitrogen and oxygen atoms in total. The second kappa shape index (κ2) is 3.61. The molecular formula is C11H21BClNO2. The van der Waals surface area contributed by atoms with Gasteiger partial charge in [0.1, 0.15) is 0 Å². The van der Waals surface area contributed by atoms with Gasteiger partial charge in [0, 0.05) is 5.82 Å². The van der Waals surface area contributed by atoms with Gasteiger partial charge in [0.15, 0.2) is 0 Å². The molecule has 0 aromatic carbocycles. The lowest BCUT2D eigenvalue weighted by Gasteiger charge is -2.32. The van der Waals surface area contributed by atoms with Crippen LogP contribution in [-0.4, -0.2) is 31.4 Å². The average Bonchev–Trinajstić information content (AvgIpc) is 2.47. The maximum atomic E-state index is 6.07. The van der Waals surface area contributed by atoms with Crippen LogP contribution >= 0.6 is 12.4 Å². The van der Waals surface area contributed by atoms with Gasteiger partial charge in [-0.1, -0.05) is 0 Å². The number of piperidine rings is 1. The summed E-state index contributed by atoms with van der Waals surface area (Å²) in [6, 6.07) is 0. The van der Waals surface area contributed by atoms with Gasteiger partial charge in [-0.3, -0.25) is 0 Å². The number of halogens is 1. The molecule has 0 aromatic rings. The molecule has 0 bridgehead atoms. The van der Waals surface area contributed by atoms with E-state index in [9.17, 15) is 0 Å². The quantitative estimate of drug-likeness (QED) is 0.714. The number of rotatable bonds is 1. The molecule has 0 spiro atoms. The van der Waals surface area contributed by atoms with Crippen LogP contribution in [0, 0.1) is 11.8 Å². The Kier molecular flexibility index (Phi) is 2.86. The third-order valence-electron chi connectivity index (χ3n) is 4.74. The summed E-state index contributed by atoms with van der Waals surface area (Å²) in [5.41, 5.74) is -0.329. The van der Waals surface area contributed by atoms with E-state index >= 15 is 0 Å². The highest BCUT2D eigenvalue weighted by molar-refractivity contribution is 6.49. The lowest BCUT2D eigenvalue weighted by Crippen LogP contribution is -2.41. The first-order valence-electron chi connectivity index (χ1n) is 5.99. The van der Waals surface area contributed by atoms with Crippen molar-refractivity contribution in [2.45, 2.75) is 44.7 Å². The maximum Gasteiger partial charge on any atom is 0.461 e. The van der Waals surface area contributed by atoms with Crippen molar-refractivity contribution in [1.29, 1.82) is 0 Å². The third-order valence-corrected chi connectivity index (χ3v) is 4.74. The van der Waals surface area contributed by atoms with Crippen LogP contribution in [0.1, 0.15) is 27.7 Å². The summed E-state index contributed by atoms with van der Waals surface area (Å²) >= 11 is 0. The molecule has 1 aliphatic carbocycles. The van der Waals surface area contributed by atoms with E-state index in [1.54, 1.807) is 0 Å². The van der Waals surface area contributed by atoms with E-state index in [0.717, 1.165) is 24.9 Å². The molecule has 0 amide bonds. The first kappa shape index (κ1) is 12.7. The molecule has 3 fully saturated rings. The molecule has 2 heterocycles. The minimum atomic E-state index is -0.165. The Hall–Kier alpha value is 0.235. The molecule has 1 saturated carbocycles. The number of nitrogens with one attached hydrogen (secondary N) is 1. The van der Waals surface area contributed by atoms with Crippen LogP contribution < -0.4 is 5.32 Å². The smallest absolute Gasteiger partial charge is 0.403 e. The summed E-state index contributed by atoms with van der Waals surface area (Å²) in [6.45, 7) is 10.8. The standard InChI is InChI=1S/C11H20BNO2.ClH/c1-10(2)11(3,4)15-12(14-10)9-7-5-13-6-8(7)9;/h7-9,13H,5-6H2,1-4H3;1H/t7-,8+,9?;. The highest BCUT2D eigenvalue weighted by Crippen LogP contribution is 2.59. The van der Waals surface area contributed by atoms with Crippen LogP contribution in [0.4, 0.5) is 0 Å². The Morgan fingerprint density at radius 1 is 1.00 bits per heavy atom. The topological polar surface area (TPSA) is 30.5 Å². The second-order valence-electron chi connectivity index (χ2n) is 6.19. The molecular weight excluding hydrogens is 224 g/mol. The van der Waals surface area contributed by atoms with Gasteiger partial charge in [0.25, 0.3) is 0 Å². The lowest BCUT2D eigenvalue weighted by atomic mass is 9.79. The summed E-state index contributed by atoms with van der Waals surface area (Å²) in [5, 5.41) is 3.41. The molecule has 0 aromatic heterocycles. The molecule has 0 radical (unpaired) electrons. The van der Waals surface area contributed by atoms with Crippen molar-refractivity contribution in [2.24, 2.45) is 11.8 Å². The maximum absolute atomic E-state index is 6.07. The average molecular weight is 246 g/mol. The van der Waals surface area contributed by atoms with Crippen molar-refractivity contribution in [3.05, 3.63) is 0 Å². The van der Waals surface area contributed by atoms with E-state index in [2.05, 4.69) is 33.0 Å². The van der Waals surface area contributed by atoms with Gasteiger partial charge in [-0.25, -0.2) is 0 Å². The predicted octanol–water partition coefficient (Wildman–Crippen LogP) is 1.72. The highest BCUT2D eigenvalue weighted by atomic mass is 35.5. The second-order valence-corrected chi connectivity index (χ2v) is 6.19. The fourth-order valence-electron chi connectivity index (χ4n) is 2.92. The predicted molar refractivity (Wildman–Crippen MR) is 66.9 cm³/mol. The van der Waals surface area contributed by atoms with E-state index in [-0.39, 0.29) is 30.7 Å². The SMILES string of the molecule is CC1(C)OB(C2[C@H]3CNC[C@@H]23)OC1(C)C.Cl. The Morgan fingerprint density at radius 3 is 1.88 bits per heavy atom. The monoisotopic (exact) mass is 245 g/mol. The van der Waals surface area contributed by atoms with Crippen molar-refractivity contribution in [3.63, 3.8) is 0 Å². The van der Waals surface area contributed by atoms with Gasteiger partial charge < -0.3 is 14.6 Å². The first-order valence-corrected chi connectivity index (χ1v) is 5.99. The normalized spacial score (nSPS) is 42.8. The Balaban J connectivity index is 0.000000963. The molecule has 1 N–H and O–H groups in total. The van der Waals surface area contributed by atoms with Gasteiger partial charge >= 0.3 is 7.12 Å². The number of hydrogen-bond acceptors (Lipinski definition) is 3. The highest BCUT2D eigenvalue weighted by Gasteiger charge is 2.65. The Labute approximate surface area is 104 Å². The summed E-state index contributed by atoms with van der Waals surface area (Å²) in [7, 11) is 0.0344. The Morgan fingerprint density at radius 2 is 1.44 bits per heavy atom. The fourth-order valence-corrected chi connectivity index (χ4v) is 2.92. The molecule has 1 unspecified atom stereocenters. The van der Waals surface area contributed by atoms with Crippen molar-refractivity contribution in [3.8, 4) is 0 Å². The fraction of sp³-hybridized carbons (Fsp3) is 1.00. The van der Waals surface area contributed by atoms with Crippen molar-refractivity contribution >= 4 is 19.5 Å². The third kappa shape index (κ3) is 1.62. The van der Waals surface area contributed by atoms with Gasteiger partial charge in [0.2, 0.25) is 0 Å². The summed E-state index contributed by atoms with van der Waals surface area (Å²) in [4.78, 5) is 0. The van der Waals surface area contributed by atoms with E-state index in [1.165, 1.54) is 0 Å². The van der Waals surface area contributed by atoms with Gasteiger partial charge in [-0.05, 0) is 52.6 Å². The Bertz CT molecular complexity index is 272. The zero-order chi connectivity index (χ0) is 10.8. The molecule has 3 rings (SSSR count). The van der Waals surface area contributed by atoms with Gasteiger partial charge in [0.05, 0.1) is 11.2 Å². The minimum absolute atomic E-state index is 0. The summed E-state index contributed by atoms with van der Waals surface area (Å²) < 4.78 is 12.1.